The van der Waals surface area contributed by atoms with Gasteiger partial charge in [-0.15, -0.1) is 20.4 Å². The Labute approximate surface area is 286 Å². The summed E-state index contributed by atoms with van der Waals surface area (Å²) in [5, 5.41) is 18.1. The fourth-order valence-corrected chi connectivity index (χ4v) is 6.82. The second kappa shape index (κ2) is 14.9. The number of Topliss-reactive ketones (excluding diaryl/α,β-unsaturated/α-hetero) is 1. The first-order valence-electron chi connectivity index (χ1n) is 17.6. The lowest BCUT2D eigenvalue weighted by molar-refractivity contribution is -0.121. The monoisotopic (exact) mass is 646 g/mol. The molecular formula is C39H50N8O. The highest BCUT2D eigenvalue weighted by molar-refractivity contribution is 5.91. The van der Waals surface area contributed by atoms with Gasteiger partial charge in [0.25, 0.3) is 0 Å². The van der Waals surface area contributed by atoms with Crippen molar-refractivity contribution in [2.45, 2.75) is 65.5 Å². The van der Waals surface area contributed by atoms with Gasteiger partial charge in [0.1, 0.15) is 5.78 Å². The van der Waals surface area contributed by atoms with E-state index in [4.69, 9.17) is 0 Å². The van der Waals surface area contributed by atoms with Crippen LogP contribution in [-0.2, 0) is 4.79 Å². The average molecular weight is 647 g/mol. The van der Waals surface area contributed by atoms with E-state index in [9.17, 15) is 4.79 Å². The summed E-state index contributed by atoms with van der Waals surface area (Å²) in [6.07, 6.45) is 0. The van der Waals surface area contributed by atoms with Crippen molar-refractivity contribution in [2.75, 3.05) is 62.2 Å². The maximum absolute atomic E-state index is 13.6. The van der Waals surface area contributed by atoms with Crippen LogP contribution in [0.3, 0.4) is 0 Å². The van der Waals surface area contributed by atoms with E-state index >= 15 is 0 Å². The Kier molecular flexibility index (Phi) is 10.5. The molecule has 2 saturated heterocycles. The molecule has 0 aliphatic carbocycles. The van der Waals surface area contributed by atoms with Crippen LogP contribution in [0.2, 0.25) is 0 Å². The van der Waals surface area contributed by atoms with Gasteiger partial charge in [-0.3, -0.25) is 14.6 Å². The number of aromatic nitrogens is 4. The Morgan fingerprint density at radius 3 is 1.12 bits per heavy atom. The average Bonchev–Trinajstić information content (AvgIpc) is 3.14. The molecule has 0 spiro atoms. The van der Waals surface area contributed by atoms with Gasteiger partial charge >= 0.3 is 0 Å². The van der Waals surface area contributed by atoms with Crippen LogP contribution < -0.4 is 9.80 Å². The van der Waals surface area contributed by atoms with E-state index in [-0.39, 0.29) is 17.6 Å². The molecule has 6 rings (SSSR count). The van der Waals surface area contributed by atoms with E-state index in [1.807, 2.05) is 74.5 Å². The number of anilines is 2. The third-order valence-corrected chi connectivity index (χ3v) is 10.3. The van der Waals surface area contributed by atoms with Crippen molar-refractivity contribution in [3.63, 3.8) is 0 Å². The van der Waals surface area contributed by atoms with Crippen LogP contribution in [0.4, 0.5) is 11.6 Å². The SMILES string of the molecule is CC(C(=O)C(C)c1ccc(-c2ccc(N3CCN(C(C)C)CC3)nn2)cc1)c1ccc(-c2ccc(N3CCN(C(C)C)CC3)nn2)cc1. The molecule has 4 heterocycles. The Morgan fingerprint density at radius 1 is 0.479 bits per heavy atom. The van der Waals surface area contributed by atoms with Gasteiger partial charge in [0, 0.05) is 87.4 Å². The fourth-order valence-electron chi connectivity index (χ4n) is 6.82. The Bertz CT molecular complexity index is 1500. The summed E-state index contributed by atoms with van der Waals surface area (Å²) in [7, 11) is 0. The number of nitrogens with zero attached hydrogens (tertiary/aromatic N) is 8. The number of rotatable bonds is 10. The topological polar surface area (TPSA) is 81.6 Å². The number of hydrogen-bond donors (Lipinski definition) is 0. The molecule has 0 radical (unpaired) electrons. The first-order valence-corrected chi connectivity index (χ1v) is 17.6. The molecule has 4 aromatic rings. The number of ketones is 1. The molecule has 0 bridgehead atoms. The summed E-state index contributed by atoms with van der Waals surface area (Å²) >= 11 is 0. The molecule has 48 heavy (non-hydrogen) atoms. The van der Waals surface area contributed by atoms with Crippen molar-refractivity contribution in [3.05, 3.63) is 83.9 Å². The molecule has 2 unspecified atom stereocenters. The maximum Gasteiger partial charge on any atom is 0.151 e. The van der Waals surface area contributed by atoms with Crippen molar-refractivity contribution in [3.8, 4) is 22.5 Å². The number of carbonyl (C=O) groups excluding carboxylic acids is 1. The first kappa shape index (κ1) is 33.7. The van der Waals surface area contributed by atoms with Crippen molar-refractivity contribution < 1.29 is 4.79 Å². The summed E-state index contributed by atoms with van der Waals surface area (Å²) in [5.41, 5.74) is 5.66. The number of hydrogen-bond acceptors (Lipinski definition) is 9. The van der Waals surface area contributed by atoms with Gasteiger partial charge in [0.15, 0.2) is 11.6 Å². The molecule has 9 heteroatoms. The van der Waals surface area contributed by atoms with E-state index in [1.54, 1.807) is 0 Å². The van der Waals surface area contributed by atoms with Gasteiger partial charge in [0.2, 0.25) is 0 Å². The van der Waals surface area contributed by atoms with Gasteiger partial charge < -0.3 is 9.80 Å². The lowest BCUT2D eigenvalue weighted by Crippen LogP contribution is -2.49. The molecule has 2 atom stereocenters. The zero-order valence-electron chi connectivity index (χ0n) is 29.4. The molecule has 2 aromatic heterocycles. The summed E-state index contributed by atoms with van der Waals surface area (Å²) in [6.45, 7) is 21.0. The maximum atomic E-state index is 13.6. The molecule has 2 aromatic carbocycles. The lowest BCUT2D eigenvalue weighted by Gasteiger charge is -2.37. The van der Waals surface area contributed by atoms with Gasteiger partial charge in [-0.05, 0) is 63.1 Å². The van der Waals surface area contributed by atoms with Crippen molar-refractivity contribution in [1.29, 1.82) is 0 Å². The van der Waals surface area contributed by atoms with Crippen LogP contribution in [0.5, 0.6) is 0 Å². The Morgan fingerprint density at radius 2 is 0.833 bits per heavy atom. The molecular weight excluding hydrogens is 596 g/mol. The van der Waals surface area contributed by atoms with E-state index in [0.717, 1.165) is 97.6 Å². The summed E-state index contributed by atoms with van der Waals surface area (Å²) in [6, 6.07) is 25.7. The highest BCUT2D eigenvalue weighted by Crippen LogP contribution is 2.30. The fraction of sp³-hybridized carbons (Fsp3) is 0.462. The predicted octanol–water partition coefficient (Wildman–Crippen LogP) is 6.14. The normalized spacial score (nSPS) is 17.6. The second-order valence-corrected chi connectivity index (χ2v) is 13.9. The minimum atomic E-state index is -0.229. The van der Waals surface area contributed by atoms with Crippen LogP contribution in [0.1, 0.15) is 64.5 Å². The van der Waals surface area contributed by atoms with Crippen LogP contribution >= 0.6 is 0 Å². The molecule has 0 saturated carbocycles. The predicted molar refractivity (Wildman–Crippen MR) is 195 cm³/mol. The third kappa shape index (κ3) is 7.58. The van der Waals surface area contributed by atoms with Gasteiger partial charge in [-0.25, -0.2) is 0 Å². The van der Waals surface area contributed by atoms with Crippen LogP contribution in [-0.4, -0.2) is 100 Å². The summed E-state index contributed by atoms with van der Waals surface area (Å²) in [4.78, 5) is 23.2. The molecule has 2 aliphatic rings. The number of piperazine rings is 2. The molecule has 9 nitrogen and oxygen atoms in total. The highest BCUT2D eigenvalue weighted by Gasteiger charge is 2.24. The summed E-state index contributed by atoms with van der Waals surface area (Å²) in [5.74, 6) is 1.59. The van der Waals surface area contributed by atoms with Crippen molar-refractivity contribution in [1.82, 2.24) is 30.2 Å². The quantitative estimate of drug-likeness (QED) is 0.202. The zero-order chi connectivity index (χ0) is 33.8. The van der Waals surface area contributed by atoms with Gasteiger partial charge in [-0.1, -0.05) is 62.4 Å². The minimum absolute atomic E-state index is 0.193. The van der Waals surface area contributed by atoms with E-state index in [0.29, 0.717) is 12.1 Å². The number of benzene rings is 2. The first-order chi connectivity index (χ1) is 23.2. The van der Waals surface area contributed by atoms with Crippen LogP contribution in [0, 0.1) is 0 Å². The standard InChI is InChI=1S/C39H50N8O/c1-27(2)44-19-23-46(24-20-44)37-17-15-35(40-42-37)33-11-7-31(8-12-33)29(5)39(48)30(6)32-9-13-34(14-10-32)36-16-18-38(43-41-36)47-25-21-45(22-26-47)28(3)4/h7-18,27-30H,19-26H2,1-6H3. The Balaban J connectivity index is 1.03. The van der Waals surface area contributed by atoms with E-state index in [2.05, 4.69) is 79.8 Å². The molecule has 0 N–H and O–H groups in total. The lowest BCUT2D eigenvalue weighted by atomic mass is 9.85. The van der Waals surface area contributed by atoms with Gasteiger partial charge in [-0.2, -0.15) is 0 Å². The van der Waals surface area contributed by atoms with Crippen LogP contribution in [0.25, 0.3) is 22.5 Å². The smallest absolute Gasteiger partial charge is 0.151 e. The third-order valence-electron chi connectivity index (χ3n) is 10.3. The Hall–Kier alpha value is -4.21. The molecule has 2 fully saturated rings. The van der Waals surface area contributed by atoms with E-state index < -0.39 is 0 Å². The summed E-state index contributed by atoms with van der Waals surface area (Å²) < 4.78 is 0. The van der Waals surface area contributed by atoms with Gasteiger partial charge in [0.05, 0.1) is 11.4 Å². The van der Waals surface area contributed by atoms with Crippen molar-refractivity contribution >= 4 is 17.4 Å². The highest BCUT2D eigenvalue weighted by atomic mass is 16.1. The van der Waals surface area contributed by atoms with E-state index in [1.165, 1.54) is 0 Å². The second-order valence-electron chi connectivity index (χ2n) is 13.9. The molecule has 252 valence electrons. The zero-order valence-corrected chi connectivity index (χ0v) is 29.4. The number of carbonyl (C=O) groups is 1. The van der Waals surface area contributed by atoms with Crippen LogP contribution in [0.15, 0.2) is 72.8 Å². The minimum Gasteiger partial charge on any atom is -0.353 e. The molecule has 2 aliphatic heterocycles. The largest absolute Gasteiger partial charge is 0.353 e. The van der Waals surface area contributed by atoms with Crippen molar-refractivity contribution in [2.24, 2.45) is 0 Å². The molecule has 0 amide bonds.